The van der Waals surface area contributed by atoms with Crippen molar-refractivity contribution in [2.45, 2.75) is 31.3 Å². The highest BCUT2D eigenvalue weighted by Gasteiger charge is 2.34. The van der Waals surface area contributed by atoms with Crippen molar-refractivity contribution in [3.63, 3.8) is 0 Å². The standard InChI is InChI=1S/C15H21ClN4O2/c16-13-2-1-6-17-14(13)19-7-5-11(10-19)18-15(22)20(8-9-21)12-3-4-12/h1-2,6,11-12,21H,3-5,7-10H2,(H,18,22). The number of amides is 2. The number of halogens is 1. The van der Waals surface area contributed by atoms with Gasteiger partial charge in [-0.05, 0) is 31.4 Å². The van der Waals surface area contributed by atoms with Crippen molar-refractivity contribution in [1.82, 2.24) is 15.2 Å². The van der Waals surface area contributed by atoms with E-state index in [-0.39, 0.29) is 18.7 Å². The molecule has 1 atom stereocenters. The fourth-order valence-electron chi connectivity index (χ4n) is 2.88. The smallest absolute Gasteiger partial charge is 0.318 e. The van der Waals surface area contributed by atoms with Crippen LogP contribution < -0.4 is 10.2 Å². The Labute approximate surface area is 135 Å². The van der Waals surface area contributed by atoms with Gasteiger partial charge >= 0.3 is 6.03 Å². The topological polar surface area (TPSA) is 68.7 Å². The third kappa shape index (κ3) is 3.44. The number of nitrogens with zero attached hydrogens (tertiary/aromatic N) is 3. The van der Waals surface area contributed by atoms with Gasteiger partial charge in [0.2, 0.25) is 0 Å². The molecule has 2 amide bonds. The molecule has 120 valence electrons. The summed E-state index contributed by atoms with van der Waals surface area (Å²) in [5, 5.41) is 12.8. The SMILES string of the molecule is O=C(NC1CCN(c2ncccc2Cl)C1)N(CCO)C1CC1. The number of carbonyl (C=O) groups excluding carboxylic acids is 1. The van der Waals surface area contributed by atoms with Crippen LogP contribution in [0.15, 0.2) is 18.3 Å². The van der Waals surface area contributed by atoms with Gasteiger partial charge in [0.25, 0.3) is 0 Å². The third-order valence-corrected chi connectivity index (χ3v) is 4.44. The largest absolute Gasteiger partial charge is 0.395 e. The molecule has 0 radical (unpaired) electrons. The lowest BCUT2D eigenvalue weighted by molar-refractivity contribution is 0.171. The maximum Gasteiger partial charge on any atom is 0.318 e. The number of carbonyl (C=O) groups is 1. The summed E-state index contributed by atoms with van der Waals surface area (Å²) in [5.41, 5.74) is 0. The van der Waals surface area contributed by atoms with Crippen molar-refractivity contribution < 1.29 is 9.90 Å². The van der Waals surface area contributed by atoms with Crippen molar-refractivity contribution in [2.75, 3.05) is 31.1 Å². The van der Waals surface area contributed by atoms with Crippen molar-refractivity contribution in [3.8, 4) is 0 Å². The molecule has 2 fully saturated rings. The highest BCUT2D eigenvalue weighted by atomic mass is 35.5. The predicted molar refractivity (Wildman–Crippen MR) is 85.2 cm³/mol. The molecule has 1 aliphatic heterocycles. The Kier molecular flexibility index (Phi) is 4.69. The molecule has 6 nitrogen and oxygen atoms in total. The number of anilines is 1. The molecule has 7 heteroatoms. The molecule has 1 unspecified atom stereocenters. The number of pyridine rings is 1. The number of aliphatic hydroxyl groups excluding tert-OH is 1. The van der Waals surface area contributed by atoms with Gasteiger partial charge in [-0.2, -0.15) is 0 Å². The van der Waals surface area contributed by atoms with Crippen LogP contribution in [0, 0.1) is 0 Å². The quantitative estimate of drug-likeness (QED) is 0.861. The van der Waals surface area contributed by atoms with E-state index < -0.39 is 0 Å². The van der Waals surface area contributed by atoms with Crippen LogP contribution in [0.1, 0.15) is 19.3 Å². The van der Waals surface area contributed by atoms with E-state index in [4.69, 9.17) is 16.7 Å². The number of hydrogen-bond donors (Lipinski definition) is 2. The summed E-state index contributed by atoms with van der Waals surface area (Å²) in [4.78, 5) is 20.5. The molecule has 1 saturated carbocycles. The first-order valence-electron chi connectivity index (χ1n) is 7.72. The van der Waals surface area contributed by atoms with Gasteiger partial charge in [0, 0.05) is 37.9 Å². The van der Waals surface area contributed by atoms with E-state index >= 15 is 0 Å². The summed E-state index contributed by atoms with van der Waals surface area (Å²) >= 11 is 6.17. The Hall–Kier alpha value is -1.53. The second-order valence-corrected chi connectivity index (χ2v) is 6.25. The second kappa shape index (κ2) is 6.71. The molecule has 2 aliphatic rings. The van der Waals surface area contributed by atoms with Gasteiger partial charge in [-0.25, -0.2) is 9.78 Å². The Morgan fingerprint density at radius 2 is 2.32 bits per heavy atom. The lowest BCUT2D eigenvalue weighted by Crippen LogP contribution is -2.47. The lowest BCUT2D eigenvalue weighted by Gasteiger charge is -2.24. The first-order valence-corrected chi connectivity index (χ1v) is 8.10. The minimum atomic E-state index is -0.0736. The maximum atomic E-state index is 12.3. The van der Waals surface area contributed by atoms with Gasteiger partial charge in [-0.3, -0.25) is 0 Å². The molecule has 2 heterocycles. The Bertz CT molecular complexity index is 538. The van der Waals surface area contributed by atoms with Crippen molar-refractivity contribution in [2.24, 2.45) is 0 Å². The van der Waals surface area contributed by atoms with E-state index in [0.29, 0.717) is 24.2 Å². The molecule has 1 aliphatic carbocycles. The molecule has 3 rings (SSSR count). The summed E-state index contributed by atoms with van der Waals surface area (Å²) < 4.78 is 0. The summed E-state index contributed by atoms with van der Waals surface area (Å²) in [6, 6.07) is 3.95. The molecular formula is C15H21ClN4O2. The van der Waals surface area contributed by atoms with Crippen LogP contribution in [0.25, 0.3) is 0 Å². The fourth-order valence-corrected chi connectivity index (χ4v) is 3.12. The first-order chi connectivity index (χ1) is 10.7. The van der Waals surface area contributed by atoms with E-state index in [1.807, 2.05) is 12.1 Å². The van der Waals surface area contributed by atoms with Gasteiger partial charge in [-0.15, -0.1) is 0 Å². The highest BCUT2D eigenvalue weighted by Crippen LogP contribution is 2.28. The maximum absolute atomic E-state index is 12.3. The highest BCUT2D eigenvalue weighted by molar-refractivity contribution is 6.32. The van der Waals surface area contributed by atoms with Crippen LogP contribution in [-0.4, -0.2) is 59.3 Å². The number of nitrogens with one attached hydrogen (secondary N) is 1. The zero-order valence-electron chi connectivity index (χ0n) is 12.4. The van der Waals surface area contributed by atoms with Gasteiger partial charge in [0.05, 0.1) is 11.6 Å². The molecule has 0 bridgehead atoms. The van der Waals surface area contributed by atoms with Crippen molar-refractivity contribution in [1.29, 1.82) is 0 Å². The molecule has 1 aromatic rings. The van der Waals surface area contributed by atoms with E-state index in [0.717, 1.165) is 31.6 Å². The minimum Gasteiger partial charge on any atom is -0.395 e. The monoisotopic (exact) mass is 324 g/mol. The molecule has 1 aromatic heterocycles. The summed E-state index contributed by atoms with van der Waals surface area (Å²) in [7, 11) is 0. The van der Waals surface area contributed by atoms with Crippen molar-refractivity contribution >= 4 is 23.4 Å². The number of hydrogen-bond acceptors (Lipinski definition) is 4. The third-order valence-electron chi connectivity index (χ3n) is 4.14. The van der Waals surface area contributed by atoms with E-state index in [2.05, 4.69) is 15.2 Å². The summed E-state index contributed by atoms with van der Waals surface area (Å²) in [5.74, 6) is 0.773. The normalized spacial score (nSPS) is 21.0. The number of aromatic nitrogens is 1. The second-order valence-electron chi connectivity index (χ2n) is 5.84. The Morgan fingerprint density at radius 1 is 1.50 bits per heavy atom. The van der Waals surface area contributed by atoms with E-state index in [1.54, 1.807) is 11.1 Å². The first kappa shape index (κ1) is 15.4. The average molecular weight is 325 g/mol. The molecule has 22 heavy (non-hydrogen) atoms. The molecule has 2 N–H and O–H groups in total. The van der Waals surface area contributed by atoms with Crippen LogP contribution in [0.2, 0.25) is 5.02 Å². The van der Waals surface area contributed by atoms with Crippen LogP contribution in [-0.2, 0) is 0 Å². The van der Waals surface area contributed by atoms with Crippen LogP contribution in [0.5, 0.6) is 0 Å². The minimum absolute atomic E-state index is 0.00422. The molecule has 0 aromatic carbocycles. The average Bonchev–Trinajstić information content (AvgIpc) is 3.25. The number of rotatable bonds is 5. The Morgan fingerprint density at radius 3 is 3.00 bits per heavy atom. The van der Waals surface area contributed by atoms with E-state index in [9.17, 15) is 4.79 Å². The summed E-state index contributed by atoms with van der Waals surface area (Å²) in [6.45, 7) is 1.94. The summed E-state index contributed by atoms with van der Waals surface area (Å²) in [6.07, 6.45) is 4.67. The lowest BCUT2D eigenvalue weighted by atomic mass is 10.3. The van der Waals surface area contributed by atoms with E-state index in [1.165, 1.54) is 0 Å². The number of urea groups is 1. The fraction of sp³-hybridized carbons (Fsp3) is 0.600. The molecule has 0 spiro atoms. The van der Waals surface area contributed by atoms with Crippen LogP contribution in [0.4, 0.5) is 10.6 Å². The zero-order valence-corrected chi connectivity index (χ0v) is 13.2. The van der Waals surface area contributed by atoms with Crippen molar-refractivity contribution in [3.05, 3.63) is 23.4 Å². The molecule has 1 saturated heterocycles. The van der Waals surface area contributed by atoms with Crippen LogP contribution in [0.3, 0.4) is 0 Å². The van der Waals surface area contributed by atoms with Gasteiger partial charge in [0.15, 0.2) is 0 Å². The molecular weight excluding hydrogens is 304 g/mol. The number of aliphatic hydroxyl groups is 1. The van der Waals surface area contributed by atoms with Gasteiger partial charge in [0.1, 0.15) is 5.82 Å². The predicted octanol–water partition coefficient (Wildman–Crippen LogP) is 1.48. The van der Waals surface area contributed by atoms with Crippen LogP contribution >= 0.6 is 11.6 Å². The zero-order chi connectivity index (χ0) is 15.5. The van der Waals surface area contributed by atoms with Gasteiger partial charge < -0.3 is 20.2 Å². The van der Waals surface area contributed by atoms with Gasteiger partial charge in [-0.1, -0.05) is 11.6 Å². The Balaban J connectivity index is 1.56.